The van der Waals surface area contributed by atoms with Crippen molar-refractivity contribution in [3.63, 3.8) is 0 Å². The van der Waals surface area contributed by atoms with Crippen molar-refractivity contribution >= 4 is 23.4 Å². The van der Waals surface area contributed by atoms with Crippen LogP contribution in [0, 0.1) is 5.92 Å². The molecule has 106 valence electrons. The van der Waals surface area contributed by atoms with Gasteiger partial charge in [-0.1, -0.05) is 26.0 Å². The number of hydrogen-bond donors (Lipinski definition) is 2. The number of carbonyl (C=O) groups excluding carboxylic acids is 1. The predicted molar refractivity (Wildman–Crippen MR) is 80.5 cm³/mol. The lowest BCUT2D eigenvalue weighted by Gasteiger charge is -2.24. The molecule has 0 saturated heterocycles. The van der Waals surface area contributed by atoms with E-state index in [4.69, 9.17) is 10.5 Å². The van der Waals surface area contributed by atoms with Crippen LogP contribution < -0.4 is 11.1 Å². The van der Waals surface area contributed by atoms with Crippen molar-refractivity contribution in [1.29, 1.82) is 0 Å². The molecule has 0 aromatic heterocycles. The van der Waals surface area contributed by atoms with Gasteiger partial charge in [-0.2, -0.15) is 0 Å². The number of nitrogens with one attached hydrogen (secondary N) is 1. The van der Waals surface area contributed by atoms with E-state index in [-0.39, 0.29) is 17.7 Å². The summed E-state index contributed by atoms with van der Waals surface area (Å²) in [6, 6.07) is 8.16. The van der Waals surface area contributed by atoms with Gasteiger partial charge in [0.05, 0.1) is 18.4 Å². The van der Waals surface area contributed by atoms with Crippen LogP contribution in [0.1, 0.15) is 13.8 Å². The normalized spacial score (nSPS) is 12.4. The van der Waals surface area contributed by atoms with E-state index >= 15 is 0 Å². The standard InChI is InChI=1S/C14H22N2O2S/c1-10(2)12(8-18-3)16-11-6-4-5-7-13(11)19-9-14(15)17/h4-7,10,12,16H,8-9H2,1-3H3,(H2,15,17). The van der Waals surface area contributed by atoms with Gasteiger partial charge in [0.25, 0.3) is 0 Å². The van der Waals surface area contributed by atoms with Crippen molar-refractivity contribution in [3.8, 4) is 0 Å². The van der Waals surface area contributed by atoms with E-state index in [1.54, 1.807) is 7.11 Å². The van der Waals surface area contributed by atoms with E-state index in [0.717, 1.165) is 10.6 Å². The average Bonchev–Trinajstić information content (AvgIpc) is 2.37. The minimum Gasteiger partial charge on any atom is -0.383 e. The Bertz CT molecular complexity index is 410. The Hall–Kier alpha value is -1.20. The number of carbonyl (C=O) groups is 1. The molecule has 1 atom stereocenters. The maximum absolute atomic E-state index is 10.9. The van der Waals surface area contributed by atoms with Crippen molar-refractivity contribution in [2.45, 2.75) is 24.8 Å². The number of benzene rings is 1. The number of anilines is 1. The van der Waals surface area contributed by atoms with Gasteiger partial charge in [0.15, 0.2) is 0 Å². The number of amides is 1. The van der Waals surface area contributed by atoms with E-state index in [9.17, 15) is 4.79 Å². The molecule has 0 aliphatic heterocycles. The molecule has 0 saturated carbocycles. The summed E-state index contributed by atoms with van der Waals surface area (Å²) in [5.74, 6) is 0.432. The van der Waals surface area contributed by atoms with Gasteiger partial charge < -0.3 is 15.8 Å². The second-order valence-electron chi connectivity index (χ2n) is 4.70. The quantitative estimate of drug-likeness (QED) is 0.718. The first-order chi connectivity index (χ1) is 9.04. The molecule has 0 bridgehead atoms. The largest absolute Gasteiger partial charge is 0.383 e. The second-order valence-corrected chi connectivity index (χ2v) is 5.72. The molecule has 0 heterocycles. The van der Waals surface area contributed by atoms with Crippen LogP contribution >= 0.6 is 11.8 Å². The number of ether oxygens (including phenoxy) is 1. The summed E-state index contributed by atoms with van der Waals surface area (Å²) in [7, 11) is 1.70. The van der Waals surface area contributed by atoms with Gasteiger partial charge in [-0.15, -0.1) is 11.8 Å². The van der Waals surface area contributed by atoms with E-state index in [1.807, 2.05) is 24.3 Å². The Morgan fingerprint density at radius 1 is 1.42 bits per heavy atom. The predicted octanol–water partition coefficient (Wildman–Crippen LogP) is 2.35. The third-order valence-electron chi connectivity index (χ3n) is 2.75. The minimum atomic E-state index is -0.308. The summed E-state index contributed by atoms with van der Waals surface area (Å²) in [4.78, 5) is 11.9. The van der Waals surface area contributed by atoms with Crippen molar-refractivity contribution < 1.29 is 9.53 Å². The van der Waals surface area contributed by atoms with Crippen LogP contribution in [0.5, 0.6) is 0 Å². The van der Waals surface area contributed by atoms with Crippen molar-refractivity contribution in [3.05, 3.63) is 24.3 Å². The Balaban J connectivity index is 2.78. The van der Waals surface area contributed by atoms with Crippen LogP contribution in [-0.4, -0.2) is 31.4 Å². The fourth-order valence-electron chi connectivity index (χ4n) is 1.64. The highest BCUT2D eigenvalue weighted by molar-refractivity contribution is 8.00. The number of para-hydroxylation sites is 1. The Morgan fingerprint density at radius 2 is 2.11 bits per heavy atom. The molecular formula is C14H22N2O2S. The molecule has 1 aromatic carbocycles. The molecule has 1 amide bonds. The van der Waals surface area contributed by atoms with Crippen LogP contribution in [0.15, 0.2) is 29.2 Å². The first-order valence-corrected chi connectivity index (χ1v) is 7.28. The fraction of sp³-hybridized carbons (Fsp3) is 0.500. The topological polar surface area (TPSA) is 64.3 Å². The molecule has 0 aliphatic rings. The third-order valence-corrected chi connectivity index (χ3v) is 3.84. The van der Waals surface area contributed by atoms with Crippen molar-refractivity contribution in [2.75, 3.05) is 24.8 Å². The van der Waals surface area contributed by atoms with Gasteiger partial charge in [-0.3, -0.25) is 4.79 Å². The lowest BCUT2D eigenvalue weighted by atomic mass is 10.1. The van der Waals surface area contributed by atoms with Crippen LogP contribution in [0.2, 0.25) is 0 Å². The second kappa shape index (κ2) is 8.07. The number of hydrogen-bond acceptors (Lipinski definition) is 4. The fourth-order valence-corrected chi connectivity index (χ4v) is 2.40. The molecule has 0 aliphatic carbocycles. The molecular weight excluding hydrogens is 260 g/mol. The molecule has 0 spiro atoms. The highest BCUT2D eigenvalue weighted by Crippen LogP contribution is 2.28. The molecule has 1 rings (SSSR count). The van der Waals surface area contributed by atoms with E-state index in [2.05, 4.69) is 19.2 Å². The van der Waals surface area contributed by atoms with Crippen LogP contribution in [0.3, 0.4) is 0 Å². The Morgan fingerprint density at radius 3 is 2.68 bits per heavy atom. The zero-order chi connectivity index (χ0) is 14.3. The minimum absolute atomic E-state index is 0.236. The highest BCUT2D eigenvalue weighted by Gasteiger charge is 2.14. The lowest BCUT2D eigenvalue weighted by Crippen LogP contribution is -2.30. The zero-order valence-electron chi connectivity index (χ0n) is 11.7. The summed E-state index contributed by atoms with van der Waals surface area (Å²) in [5.41, 5.74) is 6.21. The summed E-state index contributed by atoms with van der Waals surface area (Å²) >= 11 is 1.45. The maximum atomic E-state index is 10.9. The smallest absolute Gasteiger partial charge is 0.227 e. The third kappa shape index (κ3) is 5.53. The van der Waals surface area contributed by atoms with Gasteiger partial charge in [-0.25, -0.2) is 0 Å². The van der Waals surface area contributed by atoms with Gasteiger partial charge in [0.2, 0.25) is 5.91 Å². The van der Waals surface area contributed by atoms with E-state index < -0.39 is 0 Å². The van der Waals surface area contributed by atoms with E-state index in [1.165, 1.54) is 11.8 Å². The first kappa shape index (κ1) is 15.9. The summed E-state index contributed by atoms with van der Waals surface area (Å²) in [6.07, 6.45) is 0. The van der Waals surface area contributed by atoms with E-state index in [0.29, 0.717) is 12.5 Å². The highest BCUT2D eigenvalue weighted by atomic mass is 32.2. The Labute approximate surface area is 119 Å². The molecule has 19 heavy (non-hydrogen) atoms. The zero-order valence-corrected chi connectivity index (χ0v) is 12.5. The number of nitrogens with two attached hydrogens (primary N) is 1. The van der Waals surface area contributed by atoms with Gasteiger partial charge in [0, 0.05) is 17.7 Å². The number of rotatable bonds is 8. The molecule has 5 heteroatoms. The molecule has 0 radical (unpaired) electrons. The molecule has 1 unspecified atom stereocenters. The Kier molecular flexibility index (Phi) is 6.73. The number of primary amides is 1. The summed E-state index contributed by atoms with van der Waals surface area (Å²) in [6.45, 7) is 4.94. The van der Waals surface area contributed by atoms with Gasteiger partial charge >= 0.3 is 0 Å². The first-order valence-electron chi connectivity index (χ1n) is 6.30. The lowest BCUT2D eigenvalue weighted by molar-refractivity contribution is -0.115. The maximum Gasteiger partial charge on any atom is 0.227 e. The molecule has 0 fully saturated rings. The van der Waals surface area contributed by atoms with Crippen LogP contribution in [0.4, 0.5) is 5.69 Å². The van der Waals surface area contributed by atoms with Gasteiger partial charge in [-0.05, 0) is 18.1 Å². The van der Waals surface area contributed by atoms with Crippen molar-refractivity contribution in [2.24, 2.45) is 11.7 Å². The summed E-state index contributed by atoms with van der Waals surface area (Å²) < 4.78 is 5.23. The number of thioether (sulfide) groups is 1. The SMILES string of the molecule is COCC(Nc1ccccc1SCC(N)=O)C(C)C. The molecule has 1 aromatic rings. The monoisotopic (exact) mass is 282 g/mol. The molecule has 3 N–H and O–H groups in total. The average molecular weight is 282 g/mol. The van der Waals surface area contributed by atoms with Crippen molar-refractivity contribution in [1.82, 2.24) is 0 Å². The summed E-state index contributed by atoms with van der Waals surface area (Å²) in [5, 5.41) is 3.47. The van der Waals surface area contributed by atoms with Gasteiger partial charge in [0.1, 0.15) is 0 Å². The number of methoxy groups -OCH3 is 1. The van der Waals surface area contributed by atoms with Crippen LogP contribution in [0.25, 0.3) is 0 Å². The van der Waals surface area contributed by atoms with Crippen LogP contribution in [-0.2, 0) is 9.53 Å². The molecule has 4 nitrogen and oxygen atoms in total.